The quantitative estimate of drug-likeness (QED) is 0.214. The minimum atomic E-state index is -0.458. The highest BCUT2D eigenvalue weighted by molar-refractivity contribution is 7.98. The van der Waals surface area contributed by atoms with E-state index in [1.165, 1.54) is 24.4 Å². The van der Waals surface area contributed by atoms with Crippen molar-refractivity contribution >= 4 is 28.8 Å². The van der Waals surface area contributed by atoms with E-state index in [-0.39, 0.29) is 5.76 Å². The zero-order chi connectivity index (χ0) is 13.9. The molecule has 0 spiro atoms. The summed E-state index contributed by atoms with van der Waals surface area (Å²) < 4.78 is 5.12. The Kier molecular flexibility index (Phi) is 3.35. The van der Waals surface area contributed by atoms with Crippen LogP contribution in [-0.2, 0) is 5.75 Å². The van der Waals surface area contributed by atoms with E-state index in [1.807, 2.05) is 5.43 Å². The fourth-order valence-corrected chi connectivity index (χ4v) is 2.65. The molecule has 1 amide bonds. The molecule has 0 aromatic carbocycles. The molecule has 3 heterocycles. The Bertz CT molecular complexity index is 752. The topological polar surface area (TPSA) is 123 Å². The van der Waals surface area contributed by atoms with Crippen molar-refractivity contribution in [2.75, 3.05) is 0 Å². The summed E-state index contributed by atoms with van der Waals surface area (Å²) in [6.45, 7) is 0. The van der Waals surface area contributed by atoms with Crippen molar-refractivity contribution in [1.29, 1.82) is 0 Å². The van der Waals surface area contributed by atoms with Crippen LogP contribution in [0.15, 0.2) is 34.4 Å². The SMILES string of the molecule is NNC(=O)c1occc1CSc1ncnc2nc[nH]c12. The van der Waals surface area contributed by atoms with E-state index >= 15 is 0 Å². The molecule has 0 aliphatic carbocycles. The number of nitrogen functional groups attached to an aromatic ring is 1. The van der Waals surface area contributed by atoms with Gasteiger partial charge in [-0.25, -0.2) is 20.8 Å². The van der Waals surface area contributed by atoms with Gasteiger partial charge in [-0.05, 0) is 6.07 Å². The molecule has 9 heteroatoms. The second-order valence-electron chi connectivity index (χ2n) is 3.82. The molecule has 8 nitrogen and oxygen atoms in total. The third kappa shape index (κ3) is 2.24. The lowest BCUT2D eigenvalue weighted by Gasteiger charge is -2.02. The van der Waals surface area contributed by atoms with E-state index in [4.69, 9.17) is 10.3 Å². The molecular weight excluding hydrogens is 280 g/mol. The van der Waals surface area contributed by atoms with Gasteiger partial charge in [-0.1, -0.05) is 11.8 Å². The van der Waals surface area contributed by atoms with Crippen molar-refractivity contribution in [2.45, 2.75) is 10.8 Å². The zero-order valence-corrected chi connectivity index (χ0v) is 11.0. The molecule has 0 fully saturated rings. The third-order valence-corrected chi connectivity index (χ3v) is 3.67. The Morgan fingerprint density at radius 3 is 3.20 bits per heavy atom. The predicted molar refractivity (Wildman–Crippen MR) is 71.6 cm³/mol. The van der Waals surface area contributed by atoms with Crippen molar-refractivity contribution in [3.05, 3.63) is 36.3 Å². The van der Waals surface area contributed by atoms with Gasteiger partial charge >= 0.3 is 5.91 Å². The first-order valence-corrected chi connectivity index (χ1v) is 6.62. The van der Waals surface area contributed by atoms with E-state index < -0.39 is 5.91 Å². The second kappa shape index (κ2) is 5.31. The first-order valence-electron chi connectivity index (χ1n) is 5.64. The van der Waals surface area contributed by atoms with Crippen LogP contribution >= 0.6 is 11.8 Å². The Hall–Kier alpha value is -2.39. The predicted octanol–water partition coefficient (Wildman–Crippen LogP) is 0.842. The number of hydrogen-bond acceptors (Lipinski definition) is 7. The molecule has 3 aromatic rings. The van der Waals surface area contributed by atoms with Crippen LogP contribution in [0.25, 0.3) is 11.2 Å². The van der Waals surface area contributed by atoms with E-state index in [9.17, 15) is 4.79 Å². The molecule has 0 aliphatic rings. The maximum atomic E-state index is 11.5. The molecule has 3 aromatic heterocycles. The van der Waals surface area contributed by atoms with E-state index in [1.54, 1.807) is 12.4 Å². The van der Waals surface area contributed by atoms with Gasteiger partial charge in [0.15, 0.2) is 11.4 Å². The van der Waals surface area contributed by atoms with Gasteiger partial charge in [0.05, 0.1) is 12.6 Å². The zero-order valence-electron chi connectivity index (χ0n) is 10.2. The van der Waals surface area contributed by atoms with Gasteiger partial charge in [-0.3, -0.25) is 10.2 Å². The smallest absolute Gasteiger partial charge is 0.301 e. The highest BCUT2D eigenvalue weighted by atomic mass is 32.2. The lowest BCUT2D eigenvalue weighted by atomic mass is 10.3. The summed E-state index contributed by atoms with van der Waals surface area (Å²) >= 11 is 1.45. The highest BCUT2D eigenvalue weighted by Crippen LogP contribution is 2.27. The summed E-state index contributed by atoms with van der Waals surface area (Å²) in [4.78, 5) is 26.8. The number of nitrogens with two attached hydrogens (primary N) is 1. The van der Waals surface area contributed by atoms with Gasteiger partial charge in [0.1, 0.15) is 16.9 Å². The first kappa shape index (κ1) is 12.6. The molecule has 0 unspecified atom stereocenters. The molecular formula is C11H10N6O2S. The number of aromatic nitrogens is 4. The van der Waals surface area contributed by atoms with Crippen LogP contribution in [0.4, 0.5) is 0 Å². The number of thioether (sulfide) groups is 1. The number of carbonyl (C=O) groups excluding carboxylic acids is 1. The molecule has 102 valence electrons. The monoisotopic (exact) mass is 290 g/mol. The van der Waals surface area contributed by atoms with Crippen LogP contribution in [0, 0.1) is 0 Å². The number of nitrogens with one attached hydrogen (secondary N) is 2. The van der Waals surface area contributed by atoms with Gasteiger partial charge in [0.2, 0.25) is 0 Å². The summed E-state index contributed by atoms with van der Waals surface area (Å²) in [5.41, 5.74) is 4.16. The van der Waals surface area contributed by atoms with Crippen LogP contribution < -0.4 is 11.3 Å². The van der Waals surface area contributed by atoms with Crippen molar-refractivity contribution < 1.29 is 9.21 Å². The van der Waals surface area contributed by atoms with Crippen molar-refractivity contribution in [1.82, 2.24) is 25.4 Å². The minimum absolute atomic E-state index is 0.204. The summed E-state index contributed by atoms with van der Waals surface area (Å²) in [6, 6.07) is 1.73. The van der Waals surface area contributed by atoms with Gasteiger partial charge in [0, 0.05) is 11.3 Å². The molecule has 0 saturated heterocycles. The van der Waals surface area contributed by atoms with Crippen molar-refractivity contribution in [3.8, 4) is 0 Å². The fourth-order valence-electron chi connectivity index (χ4n) is 1.71. The Labute approximate surface area is 117 Å². The average Bonchev–Trinajstić information content (AvgIpc) is 3.12. The number of carbonyl (C=O) groups is 1. The molecule has 0 atom stereocenters. The molecule has 20 heavy (non-hydrogen) atoms. The van der Waals surface area contributed by atoms with Gasteiger partial charge in [-0.2, -0.15) is 0 Å². The van der Waals surface area contributed by atoms with Crippen LogP contribution in [0.5, 0.6) is 0 Å². The molecule has 3 rings (SSSR count). The summed E-state index contributed by atoms with van der Waals surface area (Å²) in [5, 5.41) is 0.757. The number of imidazole rings is 1. The van der Waals surface area contributed by atoms with Crippen LogP contribution in [0.3, 0.4) is 0 Å². The molecule has 0 saturated carbocycles. The fraction of sp³-hybridized carbons (Fsp3) is 0.0909. The van der Waals surface area contributed by atoms with Crippen LogP contribution in [-0.4, -0.2) is 25.8 Å². The number of nitrogens with zero attached hydrogens (tertiary/aromatic N) is 3. The van der Waals surface area contributed by atoms with Crippen molar-refractivity contribution in [2.24, 2.45) is 5.84 Å². The Balaban J connectivity index is 1.82. The number of amides is 1. The first-order chi connectivity index (χ1) is 9.79. The van der Waals surface area contributed by atoms with Gasteiger partial charge in [-0.15, -0.1) is 0 Å². The lowest BCUT2D eigenvalue weighted by molar-refractivity contribution is 0.0925. The Morgan fingerprint density at radius 1 is 1.45 bits per heavy atom. The maximum absolute atomic E-state index is 11.5. The summed E-state index contributed by atoms with van der Waals surface area (Å²) in [6.07, 6.45) is 4.47. The summed E-state index contributed by atoms with van der Waals surface area (Å²) in [5.74, 6) is 5.36. The largest absolute Gasteiger partial charge is 0.459 e. The lowest BCUT2D eigenvalue weighted by Crippen LogP contribution is -2.30. The minimum Gasteiger partial charge on any atom is -0.459 e. The van der Waals surface area contributed by atoms with Gasteiger partial charge < -0.3 is 9.40 Å². The number of fused-ring (bicyclic) bond motifs is 1. The van der Waals surface area contributed by atoms with E-state index in [0.29, 0.717) is 11.4 Å². The number of aromatic amines is 1. The van der Waals surface area contributed by atoms with E-state index in [0.717, 1.165) is 16.1 Å². The number of rotatable bonds is 4. The Morgan fingerprint density at radius 2 is 2.35 bits per heavy atom. The molecule has 0 aliphatic heterocycles. The third-order valence-electron chi connectivity index (χ3n) is 2.64. The standard InChI is InChI=1S/C11H10N6O2S/c12-17-10(18)8-6(1-2-19-8)3-20-11-7-9(14-4-13-7)15-5-16-11/h1-2,4-5H,3,12H2,(H,17,18)(H,13,14,15,16). The molecule has 4 N–H and O–H groups in total. The van der Waals surface area contributed by atoms with E-state index in [2.05, 4.69) is 19.9 Å². The number of H-pyrrole nitrogens is 1. The molecule has 0 radical (unpaired) electrons. The number of furan rings is 1. The van der Waals surface area contributed by atoms with Gasteiger partial charge in [0.25, 0.3) is 0 Å². The molecule has 0 bridgehead atoms. The summed E-state index contributed by atoms with van der Waals surface area (Å²) in [7, 11) is 0. The van der Waals surface area contributed by atoms with Crippen molar-refractivity contribution in [3.63, 3.8) is 0 Å². The second-order valence-corrected chi connectivity index (χ2v) is 4.78. The average molecular weight is 290 g/mol. The number of hydrazine groups is 1. The van der Waals surface area contributed by atoms with Crippen LogP contribution in [0.2, 0.25) is 0 Å². The number of hydrogen-bond donors (Lipinski definition) is 3. The van der Waals surface area contributed by atoms with Crippen LogP contribution in [0.1, 0.15) is 16.1 Å². The highest BCUT2D eigenvalue weighted by Gasteiger charge is 2.15. The maximum Gasteiger partial charge on any atom is 0.301 e. The normalized spacial score (nSPS) is 10.8.